The zero-order chi connectivity index (χ0) is 30.6. The van der Waals surface area contributed by atoms with Crippen LogP contribution in [0.2, 0.25) is 0 Å². The quantitative estimate of drug-likeness (QED) is 0.175. The van der Waals surface area contributed by atoms with Gasteiger partial charge in [-0.1, -0.05) is 17.9 Å². The smallest absolute Gasteiger partial charge is 0.279 e. The lowest BCUT2D eigenvalue weighted by molar-refractivity contribution is -0.126. The fourth-order valence-electron chi connectivity index (χ4n) is 5.00. The van der Waals surface area contributed by atoms with Crippen molar-refractivity contribution in [1.82, 2.24) is 24.8 Å². The van der Waals surface area contributed by atoms with Crippen LogP contribution in [0.4, 0.5) is 21.6 Å². The standard InChI is InChI=1S/C32H30FN7O3S/c1-4-30(41)40-11-9-21(10-12-40)37-27-14-23-26(15-29(27)42-3)35-18-36-31(23)38-25-8-7-22(13-24(25)33)43-32-39-28(17-44-32)20-6-5-19(2)34-16-20/h4-8,13-18,21,37H,1,9-12H2,2-3H3,(H,35,36,38). The molecule has 5 aromatic rings. The van der Waals surface area contributed by atoms with Crippen molar-refractivity contribution in [3.63, 3.8) is 0 Å². The van der Waals surface area contributed by atoms with Crippen LogP contribution in [0.1, 0.15) is 18.5 Å². The summed E-state index contributed by atoms with van der Waals surface area (Å²) >= 11 is 1.32. The minimum Gasteiger partial charge on any atom is -0.495 e. The number of aryl methyl sites for hydroxylation is 1. The van der Waals surface area contributed by atoms with Crippen molar-refractivity contribution in [3.05, 3.63) is 84.5 Å². The molecular formula is C32H30FN7O3S. The van der Waals surface area contributed by atoms with Gasteiger partial charge in [0.05, 0.1) is 29.7 Å². The molecule has 1 fully saturated rings. The number of piperidine rings is 1. The third-order valence-corrected chi connectivity index (χ3v) is 8.10. The van der Waals surface area contributed by atoms with E-state index in [0.29, 0.717) is 46.5 Å². The molecule has 1 saturated heterocycles. The number of rotatable bonds is 9. The Kier molecular flexibility index (Phi) is 8.33. The van der Waals surface area contributed by atoms with E-state index in [1.807, 2.05) is 36.6 Å². The summed E-state index contributed by atoms with van der Waals surface area (Å²) in [5, 5.41) is 9.61. The molecule has 6 rings (SSSR count). The van der Waals surface area contributed by atoms with E-state index in [-0.39, 0.29) is 17.6 Å². The molecule has 4 heterocycles. The van der Waals surface area contributed by atoms with E-state index >= 15 is 4.39 Å². The predicted molar refractivity (Wildman–Crippen MR) is 169 cm³/mol. The number of carbonyl (C=O) groups excluding carboxylic acids is 1. The van der Waals surface area contributed by atoms with Crippen LogP contribution in [0.25, 0.3) is 22.2 Å². The maximum absolute atomic E-state index is 15.3. The molecule has 1 amide bonds. The largest absolute Gasteiger partial charge is 0.495 e. The van der Waals surface area contributed by atoms with Crippen LogP contribution < -0.4 is 20.1 Å². The van der Waals surface area contributed by atoms with Gasteiger partial charge in [-0.2, -0.15) is 0 Å². The van der Waals surface area contributed by atoms with Gasteiger partial charge in [-0.25, -0.2) is 19.3 Å². The zero-order valence-electron chi connectivity index (χ0n) is 24.2. The molecule has 3 aromatic heterocycles. The fourth-order valence-corrected chi connectivity index (χ4v) is 5.70. The Morgan fingerprint density at radius 1 is 1.11 bits per heavy atom. The Morgan fingerprint density at radius 2 is 1.95 bits per heavy atom. The molecule has 0 unspecified atom stereocenters. The van der Waals surface area contributed by atoms with Gasteiger partial charge in [-0.3, -0.25) is 9.78 Å². The monoisotopic (exact) mass is 611 g/mol. The van der Waals surface area contributed by atoms with Crippen molar-refractivity contribution in [2.24, 2.45) is 0 Å². The van der Waals surface area contributed by atoms with Crippen LogP contribution in [0.5, 0.6) is 16.7 Å². The number of ether oxygens (including phenoxy) is 2. The Morgan fingerprint density at radius 3 is 2.68 bits per heavy atom. The lowest BCUT2D eigenvalue weighted by Crippen LogP contribution is -2.41. The first-order valence-corrected chi connectivity index (χ1v) is 14.9. The van der Waals surface area contributed by atoms with E-state index in [9.17, 15) is 4.79 Å². The highest BCUT2D eigenvalue weighted by molar-refractivity contribution is 7.11. The predicted octanol–water partition coefficient (Wildman–Crippen LogP) is 6.73. The van der Waals surface area contributed by atoms with E-state index in [2.05, 4.69) is 37.1 Å². The van der Waals surface area contributed by atoms with Crippen LogP contribution in [0.15, 0.2) is 73.0 Å². The van der Waals surface area contributed by atoms with Crippen molar-refractivity contribution in [3.8, 4) is 28.0 Å². The second-order valence-electron chi connectivity index (χ2n) is 10.3. The maximum Gasteiger partial charge on any atom is 0.279 e. The second-order valence-corrected chi connectivity index (χ2v) is 11.1. The van der Waals surface area contributed by atoms with Gasteiger partial charge in [0, 0.05) is 59.5 Å². The number of hydrogen-bond acceptors (Lipinski definition) is 10. The summed E-state index contributed by atoms with van der Waals surface area (Å²) in [7, 11) is 1.60. The Bertz CT molecular complexity index is 1820. The molecule has 0 spiro atoms. The summed E-state index contributed by atoms with van der Waals surface area (Å²) in [6.07, 6.45) is 6.09. The maximum atomic E-state index is 15.3. The number of fused-ring (bicyclic) bond motifs is 1. The Hall–Kier alpha value is -5.10. The SMILES string of the molecule is C=CC(=O)N1CCC(Nc2cc3c(Nc4ccc(Oc5nc(-c6ccc(C)nc6)cs5)cc4F)ncnc3cc2OC)CC1. The van der Waals surface area contributed by atoms with Crippen molar-refractivity contribution in [2.45, 2.75) is 25.8 Å². The molecular weight excluding hydrogens is 581 g/mol. The first kappa shape index (κ1) is 29.0. The zero-order valence-corrected chi connectivity index (χ0v) is 25.0. The topological polar surface area (TPSA) is 114 Å². The Balaban J connectivity index is 1.18. The molecule has 224 valence electrons. The first-order chi connectivity index (χ1) is 21.4. The number of amides is 1. The molecule has 0 aliphatic carbocycles. The van der Waals surface area contributed by atoms with E-state index in [1.54, 1.807) is 30.3 Å². The highest BCUT2D eigenvalue weighted by atomic mass is 32.1. The number of nitrogens with one attached hydrogen (secondary N) is 2. The lowest BCUT2D eigenvalue weighted by atomic mass is 10.0. The van der Waals surface area contributed by atoms with E-state index in [0.717, 1.165) is 35.5 Å². The number of aromatic nitrogens is 4. The number of anilines is 3. The van der Waals surface area contributed by atoms with E-state index in [1.165, 1.54) is 29.8 Å². The highest BCUT2D eigenvalue weighted by Gasteiger charge is 2.23. The lowest BCUT2D eigenvalue weighted by Gasteiger charge is -2.32. The molecule has 44 heavy (non-hydrogen) atoms. The molecule has 12 heteroatoms. The number of thiazole rings is 1. The van der Waals surface area contributed by atoms with Gasteiger partial charge >= 0.3 is 0 Å². The number of likely N-dealkylation sites (tertiary alicyclic amines) is 1. The normalized spacial score (nSPS) is 13.5. The minimum absolute atomic E-state index is 0.0559. The minimum atomic E-state index is -0.513. The van der Waals surface area contributed by atoms with Crippen molar-refractivity contribution < 1.29 is 18.7 Å². The number of halogens is 1. The molecule has 2 aromatic carbocycles. The van der Waals surface area contributed by atoms with Gasteiger partial charge in [0.15, 0.2) is 0 Å². The summed E-state index contributed by atoms with van der Waals surface area (Å²) in [4.78, 5) is 31.4. The number of nitrogens with zero attached hydrogens (tertiary/aromatic N) is 5. The molecule has 10 nitrogen and oxygen atoms in total. The number of pyridine rings is 1. The third kappa shape index (κ3) is 6.30. The number of hydrogen-bond donors (Lipinski definition) is 2. The molecule has 0 radical (unpaired) electrons. The molecule has 2 N–H and O–H groups in total. The molecule has 1 aliphatic rings. The third-order valence-electron chi connectivity index (χ3n) is 7.39. The molecule has 0 atom stereocenters. The van der Waals surface area contributed by atoms with Crippen LogP contribution in [0.3, 0.4) is 0 Å². The van der Waals surface area contributed by atoms with Gasteiger partial charge in [0.25, 0.3) is 5.19 Å². The van der Waals surface area contributed by atoms with Crippen LogP contribution in [-0.2, 0) is 4.79 Å². The van der Waals surface area contributed by atoms with Gasteiger partial charge < -0.3 is 25.0 Å². The van der Waals surface area contributed by atoms with Crippen LogP contribution >= 0.6 is 11.3 Å². The van der Waals surface area contributed by atoms with Gasteiger partial charge in [-0.15, -0.1) is 0 Å². The number of methoxy groups -OCH3 is 1. The fraction of sp³-hybridized carbons (Fsp3) is 0.219. The molecule has 0 saturated carbocycles. The second kappa shape index (κ2) is 12.6. The van der Waals surface area contributed by atoms with E-state index < -0.39 is 5.82 Å². The van der Waals surface area contributed by atoms with Gasteiger partial charge in [0.2, 0.25) is 5.91 Å². The average molecular weight is 612 g/mol. The molecule has 0 bridgehead atoms. The van der Waals surface area contributed by atoms with Crippen LogP contribution in [0, 0.1) is 12.7 Å². The summed E-state index contributed by atoms with van der Waals surface area (Å²) in [6, 6.07) is 12.3. The van der Waals surface area contributed by atoms with Crippen molar-refractivity contribution in [1.29, 1.82) is 0 Å². The average Bonchev–Trinajstić information content (AvgIpc) is 3.51. The Labute approximate surface area is 257 Å². The van der Waals surface area contributed by atoms with Crippen molar-refractivity contribution in [2.75, 3.05) is 30.8 Å². The summed E-state index contributed by atoms with van der Waals surface area (Å²) < 4.78 is 26.8. The summed E-state index contributed by atoms with van der Waals surface area (Å²) in [5.41, 5.74) is 4.18. The van der Waals surface area contributed by atoms with E-state index in [4.69, 9.17) is 9.47 Å². The summed E-state index contributed by atoms with van der Waals surface area (Å²) in [6.45, 7) is 6.78. The highest BCUT2D eigenvalue weighted by Crippen LogP contribution is 2.36. The summed E-state index contributed by atoms with van der Waals surface area (Å²) in [5.74, 6) is 0.820. The van der Waals surface area contributed by atoms with Crippen molar-refractivity contribution >= 4 is 45.3 Å². The van der Waals surface area contributed by atoms with Crippen LogP contribution in [-0.4, -0.2) is 57.0 Å². The first-order valence-electron chi connectivity index (χ1n) is 14.0. The van der Waals surface area contributed by atoms with Gasteiger partial charge in [0.1, 0.15) is 29.5 Å². The molecule has 1 aliphatic heterocycles. The van der Waals surface area contributed by atoms with Gasteiger partial charge in [-0.05, 0) is 56.2 Å². The number of benzene rings is 2. The number of carbonyl (C=O) groups is 1.